The summed E-state index contributed by atoms with van der Waals surface area (Å²) in [7, 11) is 0. The van der Waals surface area contributed by atoms with Crippen molar-refractivity contribution in [3.05, 3.63) is 41.0 Å². The number of rotatable bonds is 2. The number of urea groups is 1. The minimum Gasteiger partial charge on any atom is -0.318 e. The highest BCUT2D eigenvalue weighted by atomic mass is 16.2. The largest absolute Gasteiger partial charge is 0.322 e. The molecular weight excluding hydrogens is 272 g/mol. The maximum atomic E-state index is 12.8. The number of hydrogen-bond acceptors (Lipinski definition) is 1. The van der Waals surface area contributed by atoms with E-state index in [4.69, 9.17) is 0 Å². The van der Waals surface area contributed by atoms with Gasteiger partial charge in [0.05, 0.1) is 6.04 Å². The first-order chi connectivity index (χ1) is 10.8. The van der Waals surface area contributed by atoms with E-state index in [0.717, 1.165) is 37.9 Å². The van der Waals surface area contributed by atoms with Crippen molar-refractivity contribution in [2.24, 2.45) is 0 Å². The molecule has 1 atom stereocenters. The fourth-order valence-electron chi connectivity index (χ4n) is 4.44. The number of benzene rings is 1. The van der Waals surface area contributed by atoms with Gasteiger partial charge in [-0.2, -0.15) is 0 Å². The second-order valence-electron chi connectivity index (χ2n) is 6.80. The number of carbonyl (C=O) groups excluding carboxylic acids is 1. The molecule has 3 heteroatoms. The zero-order valence-electron chi connectivity index (χ0n) is 13.2. The SMILES string of the molecule is C=C[C@H]1CCCN1C(=O)Nc1c2c(cc3c1CCC3)CCC2. The first kappa shape index (κ1) is 13.9. The fraction of sp³-hybridized carbons (Fsp3) is 0.526. The van der Waals surface area contributed by atoms with Crippen LogP contribution in [0, 0.1) is 0 Å². The Kier molecular flexibility index (Phi) is 3.44. The van der Waals surface area contributed by atoms with Crippen LogP contribution in [0.15, 0.2) is 18.7 Å². The molecule has 4 rings (SSSR count). The molecule has 22 heavy (non-hydrogen) atoms. The number of hydrogen-bond donors (Lipinski definition) is 1. The van der Waals surface area contributed by atoms with Gasteiger partial charge in [-0.1, -0.05) is 12.1 Å². The first-order valence-electron chi connectivity index (χ1n) is 8.64. The average Bonchev–Trinajstić information content (AvgIpc) is 3.25. The number of anilines is 1. The Balaban J connectivity index is 1.66. The number of aryl methyl sites for hydroxylation is 2. The molecule has 0 spiro atoms. The van der Waals surface area contributed by atoms with Crippen molar-refractivity contribution < 1.29 is 4.79 Å². The maximum Gasteiger partial charge on any atom is 0.322 e. The molecule has 1 aliphatic heterocycles. The van der Waals surface area contributed by atoms with E-state index in [2.05, 4.69) is 18.0 Å². The molecule has 0 unspecified atom stereocenters. The Hall–Kier alpha value is -1.77. The summed E-state index contributed by atoms with van der Waals surface area (Å²) in [5, 5.41) is 3.29. The lowest BCUT2D eigenvalue weighted by Crippen LogP contribution is -2.38. The summed E-state index contributed by atoms with van der Waals surface area (Å²) in [5.41, 5.74) is 6.91. The molecule has 0 saturated carbocycles. The van der Waals surface area contributed by atoms with Crippen molar-refractivity contribution in [1.82, 2.24) is 4.90 Å². The molecule has 1 saturated heterocycles. The molecule has 1 aromatic carbocycles. The Morgan fingerprint density at radius 1 is 1.14 bits per heavy atom. The van der Waals surface area contributed by atoms with Gasteiger partial charge in [0, 0.05) is 12.2 Å². The number of nitrogens with one attached hydrogen (secondary N) is 1. The summed E-state index contributed by atoms with van der Waals surface area (Å²) in [5.74, 6) is 0. The van der Waals surface area contributed by atoms with Crippen LogP contribution in [0.2, 0.25) is 0 Å². The lowest BCUT2D eigenvalue weighted by molar-refractivity contribution is 0.214. The van der Waals surface area contributed by atoms with Gasteiger partial charge in [-0.15, -0.1) is 6.58 Å². The number of carbonyl (C=O) groups is 1. The van der Waals surface area contributed by atoms with E-state index in [1.54, 1.807) is 0 Å². The van der Waals surface area contributed by atoms with E-state index >= 15 is 0 Å². The van der Waals surface area contributed by atoms with Crippen LogP contribution in [0.4, 0.5) is 10.5 Å². The van der Waals surface area contributed by atoms with Crippen molar-refractivity contribution in [3.63, 3.8) is 0 Å². The van der Waals surface area contributed by atoms with Gasteiger partial charge in [0.15, 0.2) is 0 Å². The molecule has 0 aromatic heterocycles. The second kappa shape index (κ2) is 5.45. The van der Waals surface area contributed by atoms with Crippen molar-refractivity contribution in [3.8, 4) is 0 Å². The topological polar surface area (TPSA) is 32.3 Å². The summed E-state index contributed by atoms with van der Waals surface area (Å²) in [4.78, 5) is 14.7. The molecule has 1 aromatic rings. The van der Waals surface area contributed by atoms with Crippen LogP contribution in [-0.4, -0.2) is 23.5 Å². The first-order valence-corrected chi connectivity index (χ1v) is 8.64. The van der Waals surface area contributed by atoms with Gasteiger partial charge in [0.2, 0.25) is 0 Å². The van der Waals surface area contributed by atoms with E-state index in [9.17, 15) is 4.79 Å². The third-order valence-corrected chi connectivity index (χ3v) is 5.54. The highest BCUT2D eigenvalue weighted by molar-refractivity contribution is 5.92. The van der Waals surface area contributed by atoms with E-state index in [1.165, 1.54) is 47.9 Å². The minimum absolute atomic E-state index is 0.0665. The third kappa shape index (κ3) is 2.15. The number of nitrogens with zero attached hydrogens (tertiary/aromatic N) is 1. The summed E-state index contributed by atoms with van der Waals surface area (Å²) >= 11 is 0. The van der Waals surface area contributed by atoms with Crippen LogP contribution >= 0.6 is 0 Å². The normalized spacial score (nSPS) is 22.5. The standard InChI is InChI=1S/C19H24N2O/c1-2-15-8-5-11-21(15)19(22)20-18-16-9-3-6-13(16)12-14-7-4-10-17(14)18/h2,12,15H,1,3-11H2,(H,20,22)/t15-/m0/s1. The number of amides is 2. The predicted octanol–water partition coefficient (Wildman–Crippen LogP) is 3.85. The van der Waals surface area contributed by atoms with Gasteiger partial charge >= 0.3 is 6.03 Å². The Morgan fingerprint density at radius 2 is 1.82 bits per heavy atom. The lowest BCUT2D eigenvalue weighted by Gasteiger charge is -2.24. The molecule has 1 N–H and O–H groups in total. The second-order valence-corrected chi connectivity index (χ2v) is 6.80. The van der Waals surface area contributed by atoms with Crippen LogP contribution in [0.25, 0.3) is 0 Å². The Labute approximate surface area is 132 Å². The van der Waals surface area contributed by atoms with Gasteiger partial charge < -0.3 is 10.2 Å². The molecule has 1 fully saturated rings. The third-order valence-electron chi connectivity index (χ3n) is 5.54. The van der Waals surface area contributed by atoms with Gasteiger partial charge in [-0.05, 0) is 73.6 Å². The highest BCUT2D eigenvalue weighted by Gasteiger charge is 2.29. The van der Waals surface area contributed by atoms with E-state index in [1.807, 2.05) is 11.0 Å². The van der Waals surface area contributed by atoms with Crippen LogP contribution in [0.5, 0.6) is 0 Å². The van der Waals surface area contributed by atoms with Gasteiger partial charge in [0.25, 0.3) is 0 Å². The molecule has 2 amide bonds. The fourth-order valence-corrected chi connectivity index (χ4v) is 4.44. The molecule has 0 bridgehead atoms. The van der Waals surface area contributed by atoms with Crippen LogP contribution in [-0.2, 0) is 25.7 Å². The number of fused-ring (bicyclic) bond motifs is 2. The summed E-state index contributed by atoms with van der Waals surface area (Å²) in [6.07, 6.45) is 11.0. The summed E-state index contributed by atoms with van der Waals surface area (Å²) in [6.45, 7) is 4.72. The predicted molar refractivity (Wildman–Crippen MR) is 89.4 cm³/mol. The summed E-state index contributed by atoms with van der Waals surface area (Å²) < 4.78 is 0. The molecule has 3 nitrogen and oxygen atoms in total. The monoisotopic (exact) mass is 296 g/mol. The Bertz CT molecular complexity index is 603. The average molecular weight is 296 g/mol. The van der Waals surface area contributed by atoms with Crippen molar-refractivity contribution in [2.45, 2.75) is 57.4 Å². The highest BCUT2D eigenvalue weighted by Crippen LogP contribution is 2.38. The Morgan fingerprint density at radius 3 is 2.45 bits per heavy atom. The molecule has 1 heterocycles. The zero-order valence-corrected chi connectivity index (χ0v) is 13.2. The van der Waals surface area contributed by atoms with Crippen LogP contribution in [0.1, 0.15) is 47.9 Å². The zero-order chi connectivity index (χ0) is 15.1. The van der Waals surface area contributed by atoms with Crippen LogP contribution < -0.4 is 5.32 Å². The van der Waals surface area contributed by atoms with Crippen LogP contribution in [0.3, 0.4) is 0 Å². The van der Waals surface area contributed by atoms with E-state index < -0.39 is 0 Å². The van der Waals surface area contributed by atoms with Gasteiger partial charge in [-0.25, -0.2) is 4.79 Å². The molecular formula is C19H24N2O. The van der Waals surface area contributed by atoms with Gasteiger partial charge in [-0.3, -0.25) is 0 Å². The smallest absolute Gasteiger partial charge is 0.318 e. The molecule has 116 valence electrons. The quantitative estimate of drug-likeness (QED) is 0.826. The number of likely N-dealkylation sites (tertiary alicyclic amines) is 1. The molecule has 3 aliphatic rings. The summed E-state index contributed by atoms with van der Waals surface area (Å²) in [6, 6.07) is 2.67. The molecule has 2 aliphatic carbocycles. The van der Waals surface area contributed by atoms with Gasteiger partial charge in [0.1, 0.15) is 0 Å². The molecule has 0 radical (unpaired) electrons. The minimum atomic E-state index is 0.0665. The van der Waals surface area contributed by atoms with Crippen molar-refractivity contribution >= 4 is 11.7 Å². The van der Waals surface area contributed by atoms with Crippen molar-refractivity contribution in [1.29, 1.82) is 0 Å². The van der Waals surface area contributed by atoms with E-state index in [-0.39, 0.29) is 12.1 Å². The lowest BCUT2D eigenvalue weighted by atomic mass is 9.99. The van der Waals surface area contributed by atoms with Crippen molar-refractivity contribution in [2.75, 3.05) is 11.9 Å². The maximum absolute atomic E-state index is 12.8. The van der Waals surface area contributed by atoms with E-state index in [0.29, 0.717) is 0 Å².